The molecule has 3 rings (SSSR count). The van der Waals surface area contributed by atoms with Crippen LogP contribution < -0.4 is 0 Å². The van der Waals surface area contributed by atoms with Gasteiger partial charge in [0, 0.05) is 0 Å². The number of carbonyl (C=O) groups excluding carboxylic acids is 1. The Kier molecular flexibility index (Phi) is 3.77. The molecule has 0 N–H and O–H groups in total. The van der Waals surface area contributed by atoms with Crippen molar-refractivity contribution in [3.05, 3.63) is 30.1 Å². The molecule has 1 aliphatic carbocycles. The summed E-state index contributed by atoms with van der Waals surface area (Å²) in [6, 6.07) is 6.50. The predicted octanol–water partition coefficient (Wildman–Crippen LogP) is 4.23. The molecule has 1 aromatic heterocycles. The van der Waals surface area contributed by atoms with Crippen LogP contribution >= 0.6 is 23.2 Å². The number of esters is 1. The number of alkyl halides is 4. The lowest BCUT2D eigenvalue weighted by molar-refractivity contribution is -0.151. The molecule has 4 nitrogen and oxygen atoms in total. The maximum atomic E-state index is 13.3. The Hall–Kier alpha value is -1.40. The van der Waals surface area contributed by atoms with Gasteiger partial charge in [-0.25, -0.2) is 4.98 Å². The van der Waals surface area contributed by atoms with Gasteiger partial charge in [-0.2, -0.15) is 8.78 Å². The molecule has 22 heavy (non-hydrogen) atoms. The highest BCUT2D eigenvalue weighted by atomic mass is 35.5. The topological polar surface area (TPSA) is 44.1 Å². The van der Waals surface area contributed by atoms with Gasteiger partial charge in [-0.15, -0.1) is 23.2 Å². The number of hydrogen-bond donors (Lipinski definition) is 0. The van der Waals surface area contributed by atoms with Crippen molar-refractivity contribution in [2.45, 2.75) is 30.3 Å². The quantitative estimate of drug-likeness (QED) is 0.613. The van der Waals surface area contributed by atoms with Gasteiger partial charge in [-0.1, -0.05) is 12.1 Å². The van der Waals surface area contributed by atoms with Gasteiger partial charge in [0.15, 0.2) is 11.9 Å². The normalized spacial score (nSPS) is 21.1. The molecular weight excluding hydrogens is 337 g/mol. The van der Waals surface area contributed by atoms with Gasteiger partial charge in [0.2, 0.25) is 0 Å². The van der Waals surface area contributed by atoms with Crippen LogP contribution in [0.3, 0.4) is 0 Å². The maximum Gasteiger partial charge on any atom is 0.320 e. The summed E-state index contributed by atoms with van der Waals surface area (Å²) in [7, 11) is 0. The highest BCUT2D eigenvalue weighted by molar-refractivity contribution is 6.52. The van der Waals surface area contributed by atoms with E-state index in [4.69, 9.17) is 27.9 Å². The van der Waals surface area contributed by atoms with Crippen LogP contribution in [0.5, 0.6) is 0 Å². The number of para-hydroxylation sites is 2. The first-order valence-electron chi connectivity index (χ1n) is 6.64. The van der Waals surface area contributed by atoms with Crippen molar-refractivity contribution in [2.75, 3.05) is 0 Å². The van der Waals surface area contributed by atoms with Crippen molar-refractivity contribution in [1.29, 1.82) is 0 Å². The van der Waals surface area contributed by atoms with Crippen LogP contribution in [0.25, 0.3) is 11.0 Å². The van der Waals surface area contributed by atoms with Crippen LogP contribution in [-0.4, -0.2) is 19.9 Å². The molecule has 1 aliphatic rings. The highest BCUT2D eigenvalue weighted by Crippen LogP contribution is 2.54. The van der Waals surface area contributed by atoms with E-state index >= 15 is 0 Å². The summed E-state index contributed by atoms with van der Waals surface area (Å²) in [6.07, 6.45) is -0.633. The number of nitrogens with zero attached hydrogens (tertiary/aromatic N) is 2. The number of hydrogen-bond acceptors (Lipinski definition) is 3. The van der Waals surface area contributed by atoms with E-state index in [-0.39, 0.29) is 11.3 Å². The molecule has 1 heterocycles. The average molecular weight is 349 g/mol. The molecular formula is C14H12Cl2F2N2O2. The Morgan fingerprint density at radius 1 is 1.45 bits per heavy atom. The van der Waals surface area contributed by atoms with Gasteiger partial charge >= 0.3 is 12.5 Å². The van der Waals surface area contributed by atoms with E-state index in [1.807, 2.05) is 0 Å². The van der Waals surface area contributed by atoms with Crippen molar-refractivity contribution in [2.24, 2.45) is 5.92 Å². The number of carbonyl (C=O) groups is 1. The van der Waals surface area contributed by atoms with E-state index in [9.17, 15) is 13.6 Å². The first kappa shape index (κ1) is 15.5. The van der Waals surface area contributed by atoms with Crippen molar-refractivity contribution in [3.63, 3.8) is 0 Å². The number of benzene rings is 1. The Labute approximate surface area is 135 Å². The Morgan fingerprint density at radius 3 is 2.68 bits per heavy atom. The van der Waals surface area contributed by atoms with Gasteiger partial charge in [-0.3, -0.25) is 9.36 Å². The van der Waals surface area contributed by atoms with Gasteiger partial charge in [-0.05, 0) is 25.5 Å². The molecule has 0 unspecified atom stereocenters. The van der Waals surface area contributed by atoms with Crippen LogP contribution in [0.1, 0.15) is 31.8 Å². The number of rotatable bonds is 4. The van der Waals surface area contributed by atoms with Gasteiger partial charge < -0.3 is 4.74 Å². The lowest BCUT2D eigenvalue weighted by atomic mass is 10.3. The zero-order valence-corrected chi connectivity index (χ0v) is 13.0. The molecule has 0 amide bonds. The molecule has 2 aromatic rings. The first-order valence-corrected chi connectivity index (χ1v) is 7.40. The number of fused-ring (bicyclic) bond motifs is 1. The van der Waals surface area contributed by atoms with Crippen molar-refractivity contribution >= 4 is 40.2 Å². The van der Waals surface area contributed by atoms with E-state index in [2.05, 4.69) is 4.98 Å². The molecule has 2 atom stereocenters. The fourth-order valence-corrected chi connectivity index (χ4v) is 2.82. The molecule has 1 fully saturated rings. The van der Waals surface area contributed by atoms with Crippen molar-refractivity contribution < 1.29 is 18.3 Å². The summed E-state index contributed by atoms with van der Waals surface area (Å²) in [6.45, 7) is -1.30. The lowest BCUT2D eigenvalue weighted by Crippen LogP contribution is -2.17. The second kappa shape index (κ2) is 5.35. The van der Waals surface area contributed by atoms with E-state index in [1.54, 1.807) is 18.2 Å². The van der Waals surface area contributed by atoms with E-state index in [0.717, 1.165) is 4.57 Å². The maximum absolute atomic E-state index is 13.3. The fraction of sp³-hybridized carbons (Fsp3) is 0.429. The first-order chi connectivity index (χ1) is 10.3. The van der Waals surface area contributed by atoms with Gasteiger partial charge in [0.25, 0.3) is 0 Å². The number of imidazole rings is 1. The van der Waals surface area contributed by atoms with Crippen LogP contribution in [0, 0.1) is 5.92 Å². The van der Waals surface area contributed by atoms with Crippen LogP contribution in [0.2, 0.25) is 0 Å². The van der Waals surface area contributed by atoms with Gasteiger partial charge in [0.1, 0.15) is 4.33 Å². The van der Waals surface area contributed by atoms with Gasteiger partial charge in [0.05, 0.1) is 17.0 Å². The van der Waals surface area contributed by atoms with E-state index in [0.29, 0.717) is 11.9 Å². The van der Waals surface area contributed by atoms with Crippen molar-refractivity contribution in [3.8, 4) is 0 Å². The Balaban J connectivity index is 1.89. The SMILES string of the molecule is C[C@H](OC(=O)[C@@H]1CC1(Cl)Cl)c1nc2ccccc2n1C(F)F. The fourth-order valence-electron chi connectivity index (χ4n) is 2.33. The third-order valence-corrected chi connectivity index (χ3v) is 4.42. The second-order valence-electron chi connectivity index (χ2n) is 5.20. The number of aromatic nitrogens is 2. The molecule has 0 aliphatic heterocycles. The van der Waals surface area contributed by atoms with Crippen LogP contribution in [-0.2, 0) is 9.53 Å². The Bertz CT molecular complexity index is 733. The smallest absolute Gasteiger partial charge is 0.320 e. The second-order valence-corrected chi connectivity index (χ2v) is 6.75. The minimum absolute atomic E-state index is 0.0139. The Morgan fingerprint density at radius 2 is 2.09 bits per heavy atom. The molecule has 118 valence electrons. The summed E-state index contributed by atoms with van der Waals surface area (Å²) in [5.41, 5.74) is 0.696. The lowest BCUT2D eigenvalue weighted by Gasteiger charge is -2.15. The summed E-state index contributed by atoms with van der Waals surface area (Å²) in [5, 5.41) is 0. The minimum Gasteiger partial charge on any atom is -0.454 e. The zero-order chi connectivity index (χ0) is 16.1. The molecule has 8 heteroatoms. The molecule has 0 saturated heterocycles. The van der Waals surface area contributed by atoms with E-state index in [1.165, 1.54) is 13.0 Å². The summed E-state index contributed by atoms with van der Waals surface area (Å²) < 4.78 is 31.5. The van der Waals surface area contributed by atoms with Crippen LogP contribution in [0.4, 0.5) is 8.78 Å². The predicted molar refractivity (Wildman–Crippen MR) is 78.0 cm³/mol. The number of ether oxygens (including phenoxy) is 1. The molecule has 1 saturated carbocycles. The summed E-state index contributed by atoms with van der Waals surface area (Å²) in [5.74, 6) is -1.24. The van der Waals surface area contributed by atoms with Crippen LogP contribution in [0.15, 0.2) is 24.3 Å². The summed E-state index contributed by atoms with van der Waals surface area (Å²) in [4.78, 5) is 16.0. The highest BCUT2D eigenvalue weighted by Gasteiger charge is 2.57. The molecule has 0 radical (unpaired) electrons. The van der Waals surface area contributed by atoms with Crippen molar-refractivity contribution in [1.82, 2.24) is 9.55 Å². The standard InChI is InChI=1S/C14H12Cl2F2N2O2/c1-7(22-12(21)8-6-14(8,15)16)11-19-9-4-2-3-5-10(9)20(11)13(17)18/h2-5,7-8,13H,6H2,1H3/t7-,8-/m0/s1. The summed E-state index contributed by atoms with van der Waals surface area (Å²) >= 11 is 11.6. The minimum atomic E-state index is -2.79. The third kappa shape index (κ3) is 2.65. The molecule has 0 spiro atoms. The zero-order valence-electron chi connectivity index (χ0n) is 11.5. The third-order valence-electron chi connectivity index (χ3n) is 3.59. The number of halogens is 4. The molecule has 1 aromatic carbocycles. The van der Waals surface area contributed by atoms with E-state index < -0.39 is 28.9 Å². The monoisotopic (exact) mass is 348 g/mol. The largest absolute Gasteiger partial charge is 0.454 e. The molecule has 0 bridgehead atoms. The average Bonchev–Trinajstić information content (AvgIpc) is 2.93.